The average molecular weight is 701 g/mol. The minimum atomic E-state index is -4.73. The molecular formula is C36H40ClF3N4O5. The smallest absolute Gasteiger partial charge is 0.421 e. The molecule has 5 rings (SSSR count). The van der Waals surface area contributed by atoms with E-state index < -0.39 is 35.9 Å². The quantitative estimate of drug-likeness (QED) is 0.117. The first-order valence-corrected chi connectivity index (χ1v) is 16.3. The molecule has 4 aromatic rings. The monoisotopic (exact) mass is 700 g/mol. The van der Waals surface area contributed by atoms with E-state index in [4.69, 9.17) is 25.8 Å². The molecule has 0 saturated heterocycles. The van der Waals surface area contributed by atoms with E-state index in [1.807, 2.05) is 42.5 Å². The second-order valence-corrected chi connectivity index (χ2v) is 12.4. The third-order valence-electron chi connectivity index (χ3n) is 8.25. The highest BCUT2D eigenvalue weighted by atomic mass is 35.5. The molecule has 0 amide bonds. The van der Waals surface area contributed by atoms with E-state index in [9.17, 15) is 23.4 Å². The topological polar surface area (TPSA) is 118 Å². The summed E-state index contributed by atoms with van der Waals surface area (Å²) in [5, 5.41) is 25.6. The predicted molar refractivity (Wildman–Crippen MR) is 181 cm³/mol. The van der Waals surface area contributed by atoms with Crippen molar-refractivity contribution >= 4 is 11.6 Å². The maximum atomic E-state index is 14.3. The van der Waals surface area contributed by atoms with Crippen molar-refractivity contribution in [2.24, 2.45) is 0 Å². The first kappa shape index (κ1) is 36.3. The number of alkyl halides is 3. The number of aliphatic hydroxyl groups excluding tert-OH is 2. The summed E-state index contributed by atoms with van der Waals surface area (Å²) in [6.45, 7) is 4.44. The minimum Gasteiger partial charge on any atom is -0.496 e. The van der Waals surface area contributed by atoms with E-state index in [1.165, 1.54) is 7.11 Å². The molecule has 9 nitrogen and oxygen atoms in total. The molecule has 13 heteroatoms. The van der Waals surface area contributed by atoms with Crippen molar-refractivity contribution in [3.8, 4) is 39.9 Å². The number of methoxy groups -OCH3 is 2. The van der Waals surface area contributed by atoms with E-state index in [0.29, 0.717) is 42.4 Å². The number of halogens is 4. The summed E-state index contributed by atoms with van der Waals surface area (Å²) in [6.07, 6.45) is -3.91. The van der Waals surface area contributed by atoms with Gasteiger partial charge in [-0.05, 0) is 61.6 Å². The standard InChI is InChI=1S/C36H40ClF3N4O5/c1-20(45)16-41-18-23-9-8-22(15-31(23)47-3)33-32(37)28(12-13-43-33)25-6-5-7-27-26(25)10-11-30(27)49-35-29(36(38,39)40)14-24(34(44-35)48-4)19-42-17-21(2)46/h5-9,12-15,20-21,30,41-42,45-46H,10-11,16-19H2,1-4H3/t20-,21+,30+/m1/s1. The van der Waals surface area contributed by atoms with Crippen molar-refractivity contribution in [2.75, 3.05) is 27.3 Å². The molecule has 49 heavy (non-hydrogen) atoms. The average Bonchev–Trinajstić information content (AvgIpc) is 3.47. The summed E-state index contributed by atoms with van der Waals surface area (Å²) in [4.78, 5) is 8.72. The first-order valence-electron chi connectivity index (χ1n) is 15.9. The van der Waals surface area contributed by atoms with Crippen LogP contribution in [0.5, 0.6) is 17.5 Å². The van der Waals surface area contributed by atoms with Crippen LogP contribution in [-0.2, 0) is 25.7 Å². The van der Waals surface area contributed by atoms with Crippen molar-refractivity contribution in [3.05, 3.63) is 87.6 Å². The van der Waals surface area contributed by atoms with Crippen molar-refractivity contribution < 1.29 is 37.6 Å². The lowest BCUT2D eigenvalue weighted by Gasteiger charge is -2.21. The van der Waals surface area contributed by atoms with Crippen LogP contribution in [-0.4, -0.2) is 59.7 Å². The van der Waals surface area contributed by atoms with Crippen LogP contribution >= 0.6 is 11.6 Å². The van der Waals surface area contributed by atoms with Gasteiger partial charge in [-0.15, -0.1) is 0 Å². The van der Waals surface area contributed by atoms with Crippen LogP contribution in [0.2, 0.25) is 5.02 Å². The summed E-state index contributed by atoms with van der Waals surface area (Å²) >= 11 is 7.03. The summed E-state index contributed by atoms with van der Waals surface area (Å²) in [7, 11) is 2.92. The number of rotatable bonds is 14. The molecule has 0 saturated carbocycles. The normalized spacial score (nSPS) is 15.5. The Morgan fingerprint density at radius 3 is 2.29 bits per heavy atom. The van der Waals surface area contributed by atoms with E-state index in [0.717, 1.165) is 39.4 Å². The zero-order valence-corrected chi connectivity index (χ0v) is 28.5. The van der Waals surface area contributed by atoms with Gasteiger partial charge in [-0.1, -0.05) is 41.9 Å². The number of hydrogen-bond donors (Lipinski definition) is 4. The van der Waals surface area contributed by atoms with Crippen LogP contribution in [0.1, 0.15) is 54.2 Å². The summed E-state index contributed by atoms with van der Waals surface area (Å²) < 4.78 is 59.9. The number of fused-ring (bicyclic) bond motifs is 1. The van der Waals surface area contributed by atoms with Crippen molar-refractivity contribution in [1.29, 1.82) is 0 Å². The summed E-state index contributed by atoms with van der Waals surface area (Å²) in [5.74, 6) is 0.0893. The Bertz CT molecular complexity index is 1770. The molecule has 1 aliphatic carbocycles. The number of nitrogens with zero attached hydrogens (tertiary/aromatic N) is 2. The van der Waals surface area contributed by atoms with Crippen LogP contribution in [0.15, 0.2) is 54.7 Å². The van der Waals surface area contributed by atoms with Crippen LogP contribution in [0, 0.1) is 0 Å². The maximum Gasteiger partial charge on any atom is 0.421 e. The van der Waals surface area contributed by atoms with E-state index >= 15 is 0 Å². The van der Waals surface area contributed by atoms with Gasteiger partial charge in [-0.3, -0.25) is 4.98 Å². The van der Waals surface area contributed by atoms with Gasteiger partial charge >= 0.3 is 6.18 Å². The second-order valence-electron chi connectivity index (χ2n) is 12.0. The number of ether oxygens (including phenoxy) is 3. The van der Waals surface area contributed by atoms with Crippen LogP contribution in [0.3, 0.4) is 0 Å². The molecule has 2 heterocycles. The molecule has 0 spiro atoms. The van der Waals surface area contributed by atoms with Crippen LogP contribution in [0.25, 0.3) is 22.4 Å². The Hall–Kier alpha value is -3.94. The molecule has 3 atom stereocenters. The molecule has 1 aliphatic rings. The molecule has 2 aromatic heterocycles. The minimum absolute atomic E-state index is 0.00449. The summed E-state index contributed by atoms with van der Waals surface area (Å²) in [6, 6.07) is 14.1. The number of hydrogen-bond acceptors (Lipinski definition) is 9. The third kappa shape index (κ3) is 8.45. The molecule has 0 radical (unpaired) electrons. The van der Waals surface area contributed by atoms with Gasteiger partial charge in [0.15, 0.2) is 0 Å². The fourth-order valence-electron chi connectivity index (χ4n) is 5.97. The highest BCUT2D eigenvalue weighted by Gasteiger charge is 2.38. The lowest BCUT2D eigenvalue weighted by atomic mass is 9.95. The molecule has 0 unspecified atom stereocenters. The first-order chi connectivity index (χ1) is 23.4. The van der Waals surface area contributed by atoms with Crippen molar-refractivity contribution in [2.45, 2.75) is 64.3 Å². The number of benzene rings is 2. The van der Waals surface area contributed by atoms with Gasteiger partial charge in [0.25, 0.3) is 0 Å². The van der Waals surface area contributed by atoms with Gasteiger partial charge < -0.3 is 35.1 Å². The Kier molecular flexibility index (Phi) is 11.7. The molecule has 0 fully saturated rings. The Morgan fingerprint density at radius 1 is 0.918 bits per heavy atom. The van der Waals surface area contributed by atoms with E-state index in [-0.39, 0.29) is 24.5 Å². The van der Waals surface area contributed by atoms with Crippen LogP contribution < -0.4 is 24.8 Å². The second kappa shape index (κ2) is 15.7. The van der Waals surface area contributed by atoms with Gasteiger partial charge in [0.1, 0.15) is 17.4 Å². The lowest BCUT2D eigenvalue weighted by Crippen LogP contribution is -2.24. The highest BCUT2D eigenvalue weighted by Crippen LogP contribution is 2.45. The largest absolute Gasteiger partial charge is 0.496 e. The Balaban J connectivity index is 1.45. The lowest BCUT2D eigenvalue weighted by molar-refractivity contribution is -0.139. The van der Waals surface area contributed by atoms with Gasteiger partial charge in [0.05, 0.1) is 37.1 Å². The van der Waals surface area contributed by atoms with Gasteiger partial charge in [0, 0.05) is 54.6 Å². The van der Waals surface area contributed by atoms with Crippen molar-refractivity contribution in [3.63, 3.8) is 0 Å². The zero-order chi connectivity index (χ0) is 35.3. The molecular weight excluding hydrogens is 661 g/mol. The van der Waals surface area contributed by atoms with E-state index in [1.54, 1.807) is 27.2 Å². The number of nitrogens with one attached hydrogen (secondary N) is 2. The predicted octanol–water partition coefficient (Wildman–Crippen LogP) is 6.51. The van der Waals surface area contributed by atoms with E-state index in [2.05, 4.69) is 20.6 Å². The summed E-state index contributed by atoms with van der Waals surface area (Å²) in [5.41, 5.74) is 4.64. The molecule has 0 aliphatic heterocycles. The van der Waals surface area contributed by atoms with Crippen molar-refractivity contribution in [1.82, 2.24) is 20.6 Å². The third-order valence-corrected chi connectivity index (χ3v) is 8.63. The number of aromatic nitrogens is 2. The zero-order valence-electron chi connectivity index (χ0n) is 27.7. The fourth-order valence-corrected chi connectivity index (χ4v) is 6.29. The van der Waals surface area contributed by atoms with Crippen LogP contribution in [0.4, 0.5) is 13.2 Å². The molecule has 0 bridgehead atoms. The van der Waals surface area contributed by atoms with Gasteiger partial charge in [-0.25, -0.2) is 0 Å². The SMILES string of the molecule is COc1cc(-c2nccc(-c3cccc4c3CC[C@@H]4Oc3nc(OC)c(CNC[C@H](C)O)cc3C(F)(F)F)c2Cl)ccc1CNC[C@@H](C)O. The molecule has 262 valence electrons. The van der Waals surface area contributed by atoms with Gasteiger partial charge in [0.2, 0.25) is 11.8 Å². The fraction of sp³-hybridized carbons (Fsp3) is 0.389. The molecule has 4 N–H and O–H groups in total. The maximum absolute atomic E-state index is 14.3. The number of aliphatic hydroxyl groups is 2. The highest BCUT2D eigenvalue weighted by molar-refractivity contribution is 6.35. The van der Waals surface area contributed by atoms with Gasteiger partial charge in [-0.2, -0.15) is 18.2 Å². The Morgan fingerprint density at radius 2 is 1.63 bits per heavy atom. The molecule has 2 aromatic carbocycles. The number of pyridine rings is 2. The Labute approximate surface area is 288 Å².